The molecule has 1 N–H and O–H groups in total. The van der Waals surface area contributed by atoms with Crippen LogP contribution in [-0.4, -0.2) is 68.5 Å². The normalized spacial score (nSPS) is 13.4. The number of nitrogens with one attached hydrogen (secondary N) is 1. The second-order valence-electron chi connectivity index (χ2n) is 7.81. The maximum atomic E-state index is 13.1. The second-order valence-corrected chi connectivity index (χ2v) is 7.81. The molecule has 1 aliphatic heterocycles. The van der Waals surface area contributed by atoms with E-state index in [0.717, 1.165) is 11.6 Å². The summed E-state index contributed by atoms with van der Waals surface area (Å²) in [7, 11) is 4.61. The number of nitrogens with zero attached hydrogens (tertiary/aromatic N) is 4. The fourth-order valence-electron chi connectivity index (χ4n) is 3.90. The summed E-state index contributed by atoms with van der Waals surface area (Å²) in [6, 6.07) is 17.4. The fraction of sp³-hybridized carbons (Fsp3) is 0.320. The summed E-state index contributed by atoms with van der Waals surface area (Å²) in [5.41, 5.74) is 1.68. The highest BCUT2D eigenvalue weighted by molar-refractivity contribution is 5.95. The van der Waals surface area contributed by atoms with E-state index in [4.69, 9.17) is 14.2 Å². The molecule has 2 heterocycles. The Bertz CT molecular complexity index is 1080. The SMILES string of the molecule is COc1cc(C(=O)N2CCN(c3ccc(NCc4ccccc4)nn3)CC2)cc(OC)c1OC. The number of hydrogen-bond acceptors (Lipinski definition) is 8. The zero-order valence-electron chi connectivity index (χ0n) is 19.7. The smallest absolute Gasteiger partial charge is 0.254 e. The van der Waals surface area contributed by atoms with Gasteiger partial charge < -0.3 is 29.3 Å². The van der Waals surface area contributed by atoms with Gasteiger partial charge in [0.1, 0.15) is 5.82 Å². The van der Waals surface area contributed by atoms with Crippen molar-refractivity contribution in [2.75, 3.05) is 57.7 Å². The first-order valence-corrected chi connectivity index (χ1v) is 11.1. The molecular formula is C25H29N5O4. The fourth-order valence-corrected chi connectivity index (χ4v) is 3.90. The van der Waals surface area contributed by atoms with E-state index in [-0.39, 0.29) is 5.91 Å². The average molecular weight is 464 g/mol. The monoisotopic (exact) mass is 463 g/mol. The van der Waals surface area contributed by atoms with Gasteiger partial charge in [0.15, 0.2) is 17.3 Å². The zero-order chi connectivity index (χ0) is 23.9. The van der Waals surface area contributed by atoms with Crippen LogP contribution in [0.3, 0.4) is 0 Å². The highest BCUT2D eigenvalue weighted by atomic mass is 16.5. The molecule has 1 aliphatic rings. The van der Waals surface area contributed by atoms with Gasteiger partial charge in [-0.05, 0) is 29.8 Å². The molecule has 9 heteroatoms. The van der Waals surface area contributed by atoms with Gasteiger partial charge in [-0.25, -0.2) is 0 Å². The van der Waals surface area contributed by atoms with Crippen LogP contribution in [0.1, 0.15) is 15.9 Å². The number of piperazine rings is 1. The molecule has 178 valence electrons. The maximum Gasteiger partial charge on any atom is 0.254 e. The number of hydrogen-bond donors (Lipinski definition) is 1. The van der Waals surface area contributed by atoms with E-state index in [9.17, 15) is 4.79 Å². The number of carbonyl (C=O) groups excluding carboxylic acids is 1. The average Bonchev–Trinajstić information content (AvgIpc) is 2.91. The first-order valence-electron chi connectivity index (χ1n) is 11.1. The van der Waals surface area contributed by atoms with Crippen molar-refractivity contribution in [3.8, 4) is 17.2 Å². The van der Waals surface area contributed by atoms with Crippen LogP contribution >= 0.6 is 0 Å². The molecule has 0 radical (unpaired) electrons. The molecule has 0 spiro atoms. The Kier molecular flexibility index (Phi) is 7.31. The van der Waals surface area contributed by atoms with Crippen LogP contribution in [0.15, 0.2) is 54.6 Å². The lowest BCUT2D eigenvalue weighted by atomic mass is 10.1. The van der Waals surface area contributed by atoms with Crippen LogP contribution in [0.4, 0.5) is 11.6 Å². The van der Waals surface area contributed by atoms with Crippen LogP contribution in [-0.2, 0) is 6.54 Å². The third kappa shape index (κ3) is 5.14. The van der Waals surface area contributed by atoms with E-state index in [1.807, 2.05) is 35.2 Å². The number of anilines is 2. The molecule has 34 heavy (non-hydrogen) atoms. The highest BCUT2D eigenvalue weighted by Crippen LogP contribution is 2.38. The molecule has 1 fully saturated rings. The van der Waals surface area contributed by atoms with Crippen molar-refractivity contribution in [2.24, 2.45) is 0 Å². The predicted octanol–water partition coefficient (Wildman–Crippen LogP) is 3.08. The Morgan fingerprint density at radius 3 is 2.12 bits per heavy atom. The first-order chi connectivity index (χ1) is 16.6. The third-order valence-electron chi connectivity index (χ3n) is 5.77. The summed E-state index contributed by atoms with van der Waals surface area (Å²) in [5.74, 6) is 2.83. The van der Waals surface area contributed by atoms with Crippen molar-refractivity contribution in [2.45, 2.75) is 6.54 Å². The van der Waals surface area contributed by atoms with Gasteiger partial charge in [0.05, 0.1) is 21.3 Å². The molecule has 0 saturated carbocycles. The topological polar surface area (TPSA) is 89.1 Å². The zero-order valence-corrected chi connectivity index (χ0v) is 19.7. The number of ether oxygens (including phenoxy) is 3. The van der Waals surface area contributed by atoms with Gasteiger partial charge in [-0.1, -0.05) is 30.3 Å². The van der Waals surface area contributed by atoms with E-state index < -0.39 is 0 Å². The molecule has 0 atom stereocenters. The van der Waals surface area contributed by atoms with Gasteiger partial charge in [-0.2, -0.15) is 0 Å². The highest BCUT2D eigenvalue weighted by Gasteiger charge is 2.25. The van der Waals surface area contributed by atoms with Crippen LogP contribution in [0.25, 0.3) is 0 Å². The van der Waals surface area contributed by atoms with Crippen molar-refractivity contribution in [1.82, 2.24) is 15.1 Å². The maximum absolute atomic E-state index is 13.1. The Morgan fingerprint density at radius 2 is 1.56 bits per heavy atom. The summed E-state index contributed by atoms with van der Waals surface area (Å²) in [6.45, 7) is 3.18. The van der Waals surface area contributed by atoms with Gasteiger partial charge >= 0.3 is 0 Å². The number of rotatable bonds is 8. The lowest BCUT2D eigenvalue weighted by Crippen LogP contribution is -2.49. The van der Waals surface area contributed by atoms with Gasteiger partial charge in [0, 0.05) is 38.3 Å². The van der Waals surface area contributed by atoms with E-state index in [2.05, 4.69) is 32.5 Å². The molecule has 2 aromatic carbocycles. The molecule has 3 aromatic rings. The minimum Gasteiger partial charge on any atom is -0.493 e. The Balaban J connectivity index is 1.35. The van der Waals surface area contributed by atoms with Crippen LogP contribution in [0.5, 0.6) is 17.2 Å². The molecule has 0 bridgehead atoms. The van der Waals surface area contributed by atoms with Gasteiger partial charge in [-0.3, -0.25) is 4.79 Å². The van der Waals surface area contributed by atoms with E-state index in [0.29, 0.717) is 55.5 Å². The van der Waals surface area contributed by atoms with Crippen molar-refractivity contribution in [1.29, 1.82) is 0 Å². The van der Waals surface area contributed by atoms with Crippen LogP contribution < -0.4 is 24.4 Å². The molecule has 1 aromatic heterocycles. The van der Waals surface area contributed by atoms with E-state index >= 15 is 0 Å². The third-order valence-corrected chi connectivity index (χ3v) is 5.77. The molecule has 4 rings (SSSR count). The van der Waals surface area contributed by atoms with Crippen LogP contribution in [0, 0.1) is 0 Å². The molecule has 0 unspecified atom stereocenters. The van der Waals surface area contributed by atoms with Crippen LogP contribution in [0.2, 0.25) is 0 Å². The number of carbonyl (C=O) groups is 1. The lowest BCUT2D eigenvalue weighted by Gasteiger charge is -2.35. The van der Waals surface area contributed by atoms with Crippen molar-refractivity contribution in [3.63, 3.8) is 0 Å². The Hall–Kier alpha value is -4.01. The molecule has 1 saturated heterocycles. The van der Waals surface area contributed by atoms with Gasteiger partial charge in [-0.15, -0.1) is 10.2 Å². The minimum absolute atomic E-state index is 0.0783. The van der Waals surface area contributed by atoms with Gasteiger partial charge in [0.2, 0.25) is 5.75 Å². The Morgan fingerprint density at radius 1 is 0.882 bits per heavy atom. The number of benzene rings is 2. The minimum atomic E-state index is -0.0783. The second kappa shape index (κ2) is 10.7. The molecular weight excluding hydrogens is 434 g/mol. The van der Waals surface area contributed by atoms with Crippen molar-refractivity contribution in [3.05, 3.63) is 65.7 Å². The molecule has 1 amide bonds. The van der Waals surface area contributed by atoms with Crippen molar-refractivity contribution >= 4 is 17.5 Å². The molecule has 0 aliphatic carbocycles. The predicted molar refractivity (Wildman–Crippen MR) is 130 cm³/mol. The number of methoxy groups -OCH3 is 3. The molecule has 9 nitrogen and oxygen atoms in total. The number of aromatic nitrogens is 2. The summed E-state index contributed by atoms with van der Waals surface area (Å²) >= 11 is 0. The summed E-state index contributed by atoms with van der Waals surface area (Å²) in [5, 5.41) is 12.0. The largest absolute Gasteiger partial charge is 0.493 e. The standard InChI is InChI=1S/C25H29N5O4/c1-32-20-15-19(16-21(33-2)24(20)34-3)25(31)30-13-11-29(12-14-30)23-10-9-22(27-28-23)26-17-18-7-5-4-6-8-18/h4-10,15-16H,11-14,17H2,1-3H3,(H,26,27). The van der Waals surface area contributed by atoms with Gasteiger partial charge in [0.25, 0.3) is 5.91 Å². The lowest BCUT2D eigenvalue weighted by molar-refractivity contribution is 0.0745. The number of amides is 1. The Labute approximate surface area is 199 Å². The van der Waals surface area contributed by atoms with E-state index in [1.165, 1.54) is 26.9 Å². The summed E-state index contributed by atoms with van der Waals surface area (Å²) in [6.07, 6.45) is 0. The summed E-state index contributed by atoms with van der Waals surface area (Å²) < 4.78 is 16.1. The summed E-state index contributed by atoms with van der Waals surface area (Å²) in [4.78, 5) is 17.1. The van der Waals surface area contributed by atoms with Crippen molar-refractivity contribution < 1.29 is 19.0 Å². The van der Waals surface area contributed by atoms with E-state index in [1.54, 1.807) is 12.1 Å². The first kappa shape index (κ1) is 23.2. The quantitative estimate of drug-likeness (QED) is 0.545.